The molecule has 4 rings (SSSR count). The maximum absolute atomic E-state index is 12.8. The zero-order chi connectivity index (χ0) is 18.3. The van der Waals surface area contributed by atoms with Crippen LogP contribution in [-0.4, -0.2) is 17.2 Å². The lowest BCUT2D eigenvalue weighted by Gasteiger charge is -2.46. The van der Waals surface area contributed by atoms with Crippen molar-refractivity contribution in [2.24, 2.45) is 17.3 Å². The summed E-state index contributed by atoms with van der Waals surface area (Å²) in [6.45, 7) is 4.48. The number of benzene rings is 1. The van der Waals surface area contributed by atoms with Crippen molar-refractivity contribution in [2.45, 2.75) is 51.4 Å². The van der Waals surface area contributed by atoms with Crippen molar-refractivity contribution >= 4 is 11.7 Å². The first kappa shape index (κ1) is 17.2. The van der Waals surface area contributed by atoms with Gasteiger partial charge in [0.2, 0.25) is 6.29 Å². The average Bonchev–Trinajstić information content (AvgIpc) is 2.93. The molecule has 1 aromatic rings. The molecule has 0 N–H and O–H groups in total. The summed E-state index contributed by atoms with van der Waals surface area (Å²) in [5, 5.41) is 10.7. The van der Waals surface area contributed by atoms with Gasteiger partial charge in [0, 0.05) is 12.1 Å². The van der Waals surface area contributed by atoms with E-state index in [0.29, 0.717) is 5.92 Å². The summed E-state index contributed by atoms with van der Waals surface area (Å²) in [7, 11) is 0. The van der Waals surface area contributed by atoms with Crippen LogP contribution in [0.3, 0.4) is 0 Å². The van der Waals surface area contributed by atoms with E-state index >= 15 is 0 Å². The Morgan fingerprint density at radius 3 is 2.77 bits per heavy atom. The Balaban J connectivity index is 1.51. The van der Waals surface area contributed by atoms with Gasteiger partial charge in [-0.05, 0) is 49.3 Å². The largest absolute Gasteiger partial charge is 0.435 e. The average molecular weight is 357 g/mol. The first-order chi connectivity index (χ1) is 12.5. The standard InChI is InChI=1S/C20H23NO5/c1-13-5-8-15-4-2-3-11-20(15)17(13)18(26-19(20)22)25-12-14-6-9-16(10-7-14)21(23)24/h6-7,9-10,15,17-18H,1-5,8,11-12H2/t15-,17?,18+,20?/m1/s1. The molecular formula is C20H23NO5. The molecule has 0 bridgehead atoms. The van der Waals surface area contributed by atoms with Crippen LogP contribution in [0.4, 0.5) is 5.69 Å². The summed E-state index contributed by atoms with van der Waals surface area (Å²) in [5.41, 5.74) is 1.47. The van der Waals surface area contributed by atoms with Gasteiger partial charge in [0.15, 0.2) is 0 Å². The van der Waals surface area contributed by atoms with Gasteiger partial charge in [-0.15, -0.1) is 0 Å². The molecule has 1 aromatic carbocycles. The number of hydrogen-bond acceptors (Lipinski definition) is 5. The van der Waals surface area contributed by atoms with Crippen LogP contribution in [0.2, 0.25) is 0 Å². The fourth-order valence-electron chi connectivity index (χ4n) is 5.10. The van der Waals surface area contributed by atoms with Gasteiger partial charge in [0.25, 0.3) is 5.69 Å². The Bertz CT molecular complexity index is 743. The molecule has 2 aliphatic carbocycles. The van der Waals surface area contributed by atoms with E-state index in [1.54, 1.807) is 12.1 Å². The Morgan fingerprint density at radius 2 is 2.04 bits per heavy atom. The number of non-ortho nitro benzene ring substituents is 1. The lowest BCUT2D eigenvalue weighted by Crippen LogP contribution is -2.47. The van der Waals surface area contributed by atoms with E-state index in [0.717, 1.165) is 43.2 Å². The molecule has 6 heteroatoms. The number of hydrogen-bond donors (Lipinski definition) is 0. The number of cyclic esters (lactones) is 1. The third-order valence-electron chi connectivity index (χ3n) is 6.37. The van der Waals surface area contributed by atoms with E-state index in [1.165, 1.54) is 18.6 Å². The van der Waals surface area contributed by atoms with Crippen molar-refractivity contribution in [2.75, 3.05) is 0 Å². The second-order valence-electron chi connectivity index (χ2n) is 7.67. The highest BCUT2D eigenvalue weighted by atomic mass is 16.7. The Hall–Kier alpha value is -2.21. The van der Waals surface area contributed by atoms with Crippen LogP contribution in [0.1, 0.15) is 44.1 Å². The normalized spacial score (nSPS) is 33.3. The van der Waals surface area contributed by atoms with Crippen LogP contribution < -0.4 is 0 Å². The topological polar surface area (TPSA) is 78.7 Å². The van der Waals surface area contributed by atoms with Gasteiger partial charge in [-0.25, -0.2) is 0 Å². The number of rotatable bonds is 4. The zero-order valence-corrected chi connectivity index (χ0v) is 14.7. The van der Waals surface area contributed by atoms with Gasteiger partial charge >= 0.3 is 5.97 Å². The van der Waals surface area contributed by atoms with Crippen molar-refractivity contribution in [3.05, 3.63) is 52.1 Å². The molecule has 1 aliphatic heterocycles. The Labute approximate surface area is 152 Å². The van der Waals surface area contributed by atoms with Crippen molar-refractivity contribution in [3.8, 4) is 0 Å². The van der Waals surface area contributed by atoms with Crippen LogP contribution in [0.15, 0.2) is 36.4 Å². The minimum absolute atomic E-state index is 0.0469. The number of carbonyl (C=O) groups is 1. The van der Waals surface area contributed by atoms with E-state index in [4.69, 9.17) is 9.47 Å². The number of ether oxygens (including phenoxy) is 2. The van der Waals surface area contributed by atoms with Crippen molar-refractivity contribution < 1.29 is 19.2 Å². The highest BCUT2D eigenvalue weighted by Crippen LogP contribution is 2.60. The SMILES string of the molecule is C=C1CC[C@H]2CCCCC23C(=O)O[C@H](OCc2ccc([N+](=O)[O-])cc2)C13. The molecule has 0 radical (unpaired) electrons. The molecule has 1 saturated heterocycles. The van der Waals surface area contributed by atoms with Gasteiger partial charge in [-0.3, -0.25) is 14.9 Å². The third kappa shape index (κ3) is 2.63. The maximum atomic E-state index is 12.8. The van der Waals surface area contributed by atoms with Crippen molar-refractivity contribution in [3.63, 3.8) is 0 Å². The van der Waals surface area contributed by atoms with Crippen LogP contribution in [0, 0.1) is 27.4 Å². The van der Waals surface area contributed by atoms with Gasteiger partial charge < -0.3 is 9.47 Å². The highest BCUT2D eigenvalue weighted by molar-refractivity contribution is 5.81. The van der Waals surface area contributed by atoms with E-state index in [2.05, 4.69) is 6.58 Å². The highest BCUT2D eigenvalue weighted by Gasteiger charge is 2.64. The molecule has 1 heterocycles. The quantitative estimate of drug-likeness (QED) is 0.350. The summed E-state index contributed by atoms with van der Waals surface area (Å²) in [4.78, 5) is 23.2. The van der Waals surface area contributed by atoms with Gasteiger partial charge in [0.1, 0.15) is 0 Å². The monoisotopic (exact) mass is 357 g/mol. The fourth-order valence-corrected chi connectivity index (χ4v) is 5.10. The zero-order valence-electron chi connectivity index (χ0n) is 14.7. The fraction of sp³-hybridized carbons (Fsp3) is 0.550. The first-order valence-corrected chi connectivity index (χ1v) is 9.26. The second kappa shape index (κ2) is 6.50. The summed E-state index contributed by atoms with van der Waals surface area (Å²) < 4.78 is 11.7. The molecule has 3 aliphatic rings. The van der Waals surface area contributed by atoms with E-state index < -0.39 is 16.6 Å². The van der Waals surface area contributed by atoms with Crippen LogP contribution >= 0.6 is 0 Å². The van der Waals surface area contributed by atoms with E-state index in [9.17, 15) is 14.9 Å². The van der Waals surface area contributed by atoms with Gasteiger partial charge in [-0.2, -0.15) is 0 Å². The Kier molecular flexibility index (Phi) is 4.31. The number of nitro benzene ring substituents is 1. The second-order valence-corrected chi connectivity index (χ2v) is 7.67. The number of nitrogens with zero attached hydrogens (tertiary/aromatic N) is 1. The van der Waals surface area contributed by atoms with Crippen LogP contribution in [0.25, 0.3) is 0 Å². The molecule has 3 fully saturated rings. The molecule has 1 spiro atoms. The summed E-state index contributed by atoms with van der Waals surface area (Å²) in [6, 6.07) is 6.25. The van der Waals surface area contributed by atoms with Gasteiger partial charge in [0.05, 0.1) is 22.9 Å². The third-order valence-corrected chi connectivity index (χ3v) is 6.37. The number of esters is 1. The predicted molar refractivity (Wildman–Crippen MR) is 94.0 cm³/mol. The smallest absolute Gasteiger partial charge is 0.315 e. The molecule has 2 saturated carbocycles. The van der Waals surface area contributed by atoms with E-state index in [1.807, 2.05) is 0 Å². The van der Waals surface area contributed by atoms with Crippen LogP contribution in [0.5, 0.6) is 0 Å². The molecule has 6 nitrogen and oxygen atoms in total. The minimum atomic E-state index is -0.605. The van der Waals surface area contributed by atoms with Crippen LogP contribution in [-0.2, 0) is 20.9 Å². The Morgan fingerprint density at radius 1 is 1.27 bits per heavy atom. The summed E-state index contributed by atoms with van der Waals surface area (Å²) >= 11 is 0. The number of carbonyl (C=O) groups excluding carboxylic acids is 1. The van der Waals surface area contributed by atoms with Crippen molar-refractivity contribution in [1.82, 2.24) is 0 Å². The molecule has 0 amide bonds. The molecule has 26 heavy (non-hydrogen) atoms. The lowest BCUT2D eigenvalue weighted by atomic mass is 9.54. The van der Waals surface area contributed by atoms with Crippen molar-refractivity contribution in [1.29, 1.82) is 0 Å². The van der Waals surface area contributed by atoms with Gasteiger partial charge in [-0.1, -0.05) is 25.0 Å². The summed E-state index contributed by atoms with van der Waals surface area (Å²) in [6.07, 6.45) is 5.49. The number of nitro groups is 1. The summed E-state index contributed by atoms with van der Waals surface area (Å²) in [5.74, 6) is 0.168. The molecule has 2 unspecified atom stereocenters. The predicted octanol–water partition coefficient (Wildman–Crippen LogP) is 4.14. The molecule has 4 atom stereocenters. The lowest BCUT2D eigenvalue weighted by molar-refractivity contribution is -0.384. The van der Waals surface area contributed by atoms with E-state index in [-0.39, 0.29) is 24.2 Å². The molecular weight excluding hydrogens is 334 g/mol. The first-order valence-electron chi connectivity index (χ1n) is 9.26. The molecule has 138 valence electrons. The molecule has 0 aromatic heterocycles. The minimum Gasteiger partial charge on any atom is -0.435 e. The maximum Gasteiger partial charge on any atom is 0.315 e.